The molecule has 0 atom stereocenters. The Labute approximate surface area is 133 Å². The second-order valence-corrected chi connectivity index (χ2v) is 5.29. The maximum Gasteiger partial charge on any atom is 0.325 e. The van der Waals surface area contributed by atoms with Gasteiger partial charge in [0.05, 0.1) is 19.3 Å². The summed E-state index contributed by atoms with van der Waals surface area (Å²) >= 11 is 3.34. The quantitative estimate of drug-likeness (QED) is 0.704. The molecule has 0 saturated carbocycles. The summed E-state index contributed by atoms with van der Waals surface area (Å²) < 4.78 is 11.0. The molecule has 0 bridgehead atoms. The molecular formula is C15H20BrNO4. The number of hydrogen-bond acceptors (Lipinski definition) is 4. The number of esters is 1. The molecule has 21 heavy (non-hydrogen) atoms. The summed E-state index contributed by atoms with van der Waals surface area (Å²) in [5.74, 6) is -0.177. The van der Waals surface area contributed by atoms with Gasteiger partial charge in [-0.05, 0) is 31.5 Å². The standard InChI is InChI=1S/C15H20BrNO4/c1-4-8-17(10-14(18)21-5-2)15(19)12-7-6-11(16)9-13(12)20-3/h6-7,9H,4-5,8,10H2,1-3H3. The average Bonchev–Trinajstić information content (AvgIpc) is 2.46. The van der Waals surface area contributed by atoms with Gasteiger partial charge in [-0.25, -0.2) is 0 Å². The highest BCUT2D eigenvalue weighted by molar-refractivity contribution is 9.10. The van der Waals surface area contributed by atoms with Crippen molar-refractivity contribution in [1.82, 2.24) is 4.90 Å². The number of hydrogen-bond donors (Lipinski definition) is 0. The van der Waals surface area contributed by atoms with Crippen molar-refractivity contribution in [2.45, 2.75) is 20.3 Å². The Hall–Kier alpha value is -1.56. The van der Waals surface area contributed by atoms with Crippen LogP contribution in [0.5, 0.6) is 5.75 Å². The largest absolute Gasteiger partial charge is 0.496 e. The van der Waals surface area contributed by atoms with Crippen LogP contribution < -0.4 is 4.74 Å². The van der Waals surface area contributed by atoms with Crippen molar-refractivity contribution in [1.29, 1.82) is 0 Å². The maximum atomic E-state index is 12.6. The Bertz CT molecular complexity index is 504. The molecule has 0 heterocycles. The minimum Gasteiger partial charge on any atom is -0.496 e. The third kappa shape index (κ3) is 5.04. The fourth-order valence-electron chi connectivity index (χ4n) is 1.90. The van der Waals surface area contributed by atoms with Crippen molar-refractivity contribution >= 4 is 27.8 Å². The number of carbonyl (C=O) groups is 2. The molecule has 0 radical (unpaired) electrons. The van der Waals surface area contributed by atoms with Crippen LogP contribution in [0.4, 0.5) is 0 Å². The molecule has 0 aromatic heterocycles. The fourth-order valence-corrected chi connectivity index (χ4v) is 2.24. The van der Waals surface area contributed by atoms with Crippen molar-refractivity contribution in [3.63, 3.8) is 0 Å². The Kier molecular flexibility index (Phi) is 7.22. The van der Waals surface area contributed by atoms with Gasteiger partial charge in [0.1, 0.15) is 12.3 Å². The minimum atomic E-state index is -0.407. The first-order valence-electron chi connectivity index (χ1n) is 6.81. The molecule has 0 saturated heterocycles. The monoisotopic (exact) mass is 357 g/mol. The predicted octanol–water partition coefficient (Wildman–Crippen LogP) is 2.87. The van der Waals surface area contributed by atoms with E-state index in [1.165, 1.54) is 12.0 Å². The highest BCUT2D eigenvalue weighted by Gasteiger charge is 2.21. The van der Waals surface area contributed by atoms with Crippen molar-refractivity contribution in [2.24, 2.45) is 0 Å². The van der Waals surface area contributed by atoms with Gasteiger partial charge in [-0.3, -0.25) is 9.59 Å². The lowest BCUT2D eigenvalue weighted by Gasteiger charge is -2.22. The van der Waals surface area contributed by atoms with E-state index in [-0.39, 0.29) is 12.5 Å². The van der Waals surface area contributed by atoms with Gasteiger partial charge < -0.3 is 14.4 Å². The normalized spacial score (nSPS) is 10.1. The molecule has 0 spiro atoms. The van der Waals surface area contributed by atoms with Crippen LogP contribution in [0, 0.1) is 0 Å². The van der Waals surface area contributed by atoms with Gasteiger partial charge in [0.25, 0.3) is 5.91 Å². The SMILES string of the molecule is CCCN(CC(=O)OCC)C(=O)c1ccc(Br)cc1OC. The lowest BCUT2D eigenvalue weighted by atomic mass is 10.1. The van der Waals surface area contributed by atoms with Crippen LogP contribution in [0.15, 0.2) is 22.7 Å². The number of methoxy groups -OCH3 is 1. The summed E-state index contributed by atoms with van der Waals surface area (Å²) in [4.78, 5) is 25.7. The number of halogens is 1. The lowest BCUT2D eigenvalue weighted by Crippen LogP contribution is -2.37. The number of benzene rings is 1. The minimum absolute atomic E-state index is 0.0558. The molecular weight excluding hydrogens is 338 g/mol. The van der Waals surface area contributed by atoms with Crippen LogP contribution >= 0.6 is 15.9 Å². The number of rotatable bonds is 7. The van der Waals surface area contributed by atoms with Crippen molar-refractivity contribution < 1.29 is 19.1 Å². The van der Waals surface area contributed by atoms with Crippen molar-refractivity contribution in [3.8, 4) is 5.75 Å². The maximum absolute atomic E-state index is 12.6. The second-order valence-electron chi connectivity index (χ2n) is 4.38. The van der Waals surface area contributed by atoms with E-state index < -0.39 is 5.97 Å². The first-order chi connectivity index (χ1) is 10.0. The number of carbonyl (C=O) groups excluding carboxylic acids is 2. The zero-order chi connectivity index (χ0) is 15.8. The fraction of sp³-hybridized carbons (Fsp3) is 0.467. The number of amides is 1. The average molecular weight is 358 g/mol. The van der Waals surface area contributed by atoms with Crippen LogP contribution in [0.1, 0.15) is 30.6 Å². The Balaban J connectivity index is 2.97. The smallest absolute Gasteiger partial charge is 0.325 e. The lowest BCUT2D eigenvalue weighted by molar-refractivity contribution is -0.143. The van der Waals surface area contributed by atoms with Crippen LogP contribution in [-0.2, 0) is 9.53 Å². The molecule has 5 nitrogen and oxygen atoms in total. The van der Waals surface area contributed by atoms with Crippen molar-refractivity contribution in [3.05, 3.63) is 28.2 Å². The zero-order valence-corrected chi connectivity index (χ0v) is 14.1. The summed E-state index contributed by atoms with van der Waals surface area (Å²) in [5, 5.41) is 0. The van der Waals surface area contributed by atoms with Gasteiger partial charge in [-0.15, -0.1) is 0 Å². The van der Waals surface area contributed by atoms with Gasteiger partial charge >= 0.3 is 5.97 Å². The van der Waals surface area contributed by atoms with Gasteiger partial charge in [0.2, 0.25) is 0 Å². The topological polar surface area (TPSA) is 55.8 Å². The third-order valence-electron chi connectivity index (χ3n) is 2.80. The van der Waals surface area contributed by atoms with E-state index in [9.17, 15) is 9.59 Å². The summed E-state index contributed by atoms with van der Waals surface area (Å²) in [7, 11) is 1.51. The number of nitrogens with zero attached hydrogens (tertiary/aromatic N) is 1. The van der Waals surface area contributed by atoms with E-state index in [2.05, 4.69) is 15.9 Å². The molecule has 1 rings (SSSR count). The van der Waals surface area contributed by atoms with E-state index in [0.29, 0.717) is 24.5 Å². The Morgan fingerprint density at radius 3 is 2.57 bits per heavy atom. The predicted molar refractivity (Wildman–Crippen MR) is 83.5 cm³/mol. The van der Waals surface area contributed by atoms with Gasteiger partial charge in [0, 0.05) is 11.0 Å². The molecule has 0 aliphatic rings. The molecule has 0 fully saturated rings. The molecule has 1 aromatic rings. The Morgan fingerprint density at radius 2 is 2.00 bits per heavy atom. The highest BCUT2D eigenvalue weighted by atomic mass is 79.9. The van der Waals surface area contributed by atoms with Gasteiger partial charge in [-0.2, -0.15) is 0 Å². The van der Waals surface area contributed by atoms with E-state index in [1.807, 2.05) is 6.92 Å². The summed E-state index contributed by atoms with van der Waals surface area (Å²) in [6.07, 6.45) is 0.754. The van der Waals surface area contributed by atoms with E-state index in [4.69, 9.17) is 9.47 Å². The summed E-state index contributed by atoms with van der Waals surface area (Å²) in [6.45, 7) is 4.41. The zero-order valence-electron chi connectivity index (χ0n) is 12.5. The van der Waals surface area contributed by atoms with E-state index in [0.717, 1.165) is 10.9 Å². The van der Waals surface area contributed by atoms with Crippen LogP contribution in [0.3, 0.4) is 0 Å². The van der Waals surface area contributed by atoms with Crippen molar-refractivity contribution in [2.75, 3.05) is 26.8 Å². The molecule has 1 amide bonds. The molecule has 116 valence electrons. The molecule has 1 aromatic carbocycles. The molecule has 0 aliphatic carbocycles. The molecule has 0 unspecified atom stereocenters. The first kappa shape index (κ1) is 17.5. The van der Waals surface area contributed by atoms with Gasteiger partial charge in [0.15, 0.2) is 0 Å². The second kappa shape index (κ2) is 8.67. The number of ether oxygens (including phenoxy) is 2. The summed E-state index contributed by atoms with van der Waals surface area (Å²) in [6, 6.07) is 5.17. The van der Waals surface area contributed by atoms with Crippen LogP contribution in [0.2, 0.25) is 0 Å². The third-order valence-corrected chi connectivity index (χ3v) is 3.29. The molecule has 6 heteroatoms. The van der Waals surface area contributed by atoms with Crippen LogP contribution in [0.25, 0.3) is 0 Å². The molecule has 0 N–H and O–H groups in total. The van der Waals surface area contributed by atoms with Gasteiger partial charge in [-0.1, -0.05) is 22.9 Å². The first-order valence-corrected chi connectivity index (χ1v) is 7.61. The summed E-state index contributed by atoms with van der Waals surface area (Å²) in [5.41, 5.74) is 0.429. The highest BCUT2D eigenvalue weighted by Crippen LogP contribution is 2.24. The van der Waals surface area contributed by atoms with E-state index in [1.54, 1.807) is 25.1 Å². The van der Waals surface area contributed by atoms with Crippen LogP contribution in [-0.4, -0.2) is 43.6 Å². The molecule has 0 aliphatic heterocycles. The van der Waals surface area contributed by atoms with E-state index >= 15 is 0 Å². The Morgan fingerprint density at radius 1 is 1.29 bits per heavy atom.